The summed E-state index contributed by atoms with van der Waals surface area (Å²) in [6.45, 7) is 0.144. The number of nitrogen functional groups attached to an aromatic ring is 1. The summed E-state index contributed by atoms with van der Waals surface area (Å²) in [5.74, 6) is 0.136. The molecule has 1 heterocycles. The summed E-state index contributed by atoms with van der Waals surface area (Å²) in [6, 6.07) is 5.00. The van der Waals surface area contributed by atoms with E-state index in [0.717, 1.165) is 12.1 Å². The molecule has 2 rings (SSSR count). The molecular formula is C10H9F3N4S. The van der Waals surface area contributed by atoms with Crippen molar-refractivity contribution in [3.63, 3.8) is 0 Å². The van der Waals surface area contributed by atoms with Crippen LogP contribution in [0.3, 0.4) is 0 Å². The maximum atomic E-state index is 12.5. The minimum Gasteiger partial charge on any atom is -0.368 e. The molecule has 0 saturated carbocycles. The van der Waals surface area contributed by atoms with E-state index in [1.165, 1.54) is 10.6 Å². The Morgan fingerprint density at radius 3 is 2.67 bits per heavy atom. The number of H-pyrrole nitrogens is 1. The van der Waals surface area contributed by atoms with Crippen LogP contribution in [0.25, 0.3) is 0 Å². The molecule has 0 saturated heterocycles. The van der Waals surface area contributed by atoms with Crippen LogP contribution in [0.1, 0.15) is 11.1 Å². The van der Waals surface area contributed by atoms with Gasteiger partial charge in [-0.2, -0.15) is 13.2 Å². The van der Waals surface area contributed by atoms with E-state index in [-0.39, 0.29) is 17.3 Å². The van der Waals surface area contributed by atoms with Crippen molar-refractivity contribution < 1.29 is 13.2 Å². The van der Waals surface area contributed by atoms with Gasteiger partial charge in [0.25, 0.3) is 0 Å². The minimum atomic E-state index is -4.36. The molecule has 8 heteroatoms. The lowest BCUT2D eigenvalue weighted by Gasteiger charge is -2.09. The number of aromatic nitrogens is 3. The predicted molar refractivity (Wildman–Crippen MR) is 62.4 cm³/mol. The molecule has 0 unspecified atom stereocenters. The predicted octanol–water partition coefficient (Wildman–Crippen LogP) is 2.59. The fourth-order valence-electron chi connectivity index (χ4n) is 1.51. The zero-order valence-electron chi connectivity index (χ0n) is 9.03. The smallest absolute Gasteiger partial charge is 0.368 e. The first-order valence-corrected chi connectivity index (χ1v) is 5.35. The van der Waals surface area contributed by atoms with Gasteiger partial charge < -0.3 is 5.73 Å². The maximum Gasteiger partial charge on any atom is 0.416 e. The SMILES string of the molecule is Nc1n[nH]c(=S)n1Cc1cccc(C(F)(F)F)c1. The third-order valence-corrected chi connectivity index (χ3v) is 2.69. The Morgan fingerprint density at radius 1 is 1.39 bits per heavy atom. The summed E-state index contributed by atoms with van der Waals surface area (Å²) in [7, 11) is 0. The zero-order chi connectivity index (χ0) is 13.3. The Hall–Kier alpha value is -1.83. The third kappa shape index (κ3) is 2.53. The molecule has 1 aromatic carbocycles. The summed E-state index contributed by atoms with van der Waals surface area (Å²) in [5, 5.41) is 6.16. The Labute approximate surface area is 105 Å². The number of rotatable bonds is 2. The lowest BCUT2D eigenvalue weighted by Crippen LogP contribution is -2.08. The van der Waals surface area contributed by atoms with Gasteiger partial charge in [0.2, 0.25) is 5.95 Å². The maximum absolute atomic E-state index is 12.5. The molecule has 18 heavy (non-hydrogen) atoms. The number of nitrogens with two attached hydrogens (primary N) is 1. The second kappa shape index (κ2) is 4.45. The molecule has 0 atom stereocenters. The number of benzene rings is 1. The van der Waals surface area contributed by atoms with Gasteiger partial charge in [0.05, 0.1) is 12.1 Å². The number of hydrogen-bond donors (Lipinski definition) is 2. The van der Waals surface area contributed by atoms with E-state index >= 15 is 0 Å². The Kier molecular flexibility index (Phi) is 3.12. The van der Waals surface area contributed by atoms with Crippen LogP contribution < -0.4 is 5.73 Å². The lowest BCUT2D eigenvalue weighted by molar-refractivity contribution is -0.137. The average Bonchev–Trinajstić information content (AvgIpc) is 2.60. The average molecular weight is 274 g/mol. The normalized spacial score (nSPS) is 11.7. The minimum absolute atomic E-state index is 0.136. The summed E-state index contributed by atoms with van der Waals surface area (Å²) in [4.78, 5) is 0. The van der Waals surface area contributed by atoms with Gasteiger partial charge in [0.1, 0.15) is 0 Å². The number of halogens is 3. The van der Waals surface area contributed by atoms with Gasteiger partial charge in [-0.1, -0.05) is 12.1 Å². The number of alkyl halides is 3. The number of anilines is 1. The molecule has 0 amide bonds. The molecule has 1 aromatic heterocycles. The van der Waals surface area contributed by atoms with Crippen molar-refractivity contribution in [1.82, 2.24) is 14.8 Å². The van der Waals surface area contributed by atoms with E-state index in [2.05, 4.69) is 10.2 Å². The van der Waals surface area contributed by atoms with Crippen molar-refractivity contribution in [2.24, 2.45) is 0 Å². The molecule has 96 valence electrons. The highest BCUT2D eigenvalue weighted by atomic mass is 32.1. The van der Waals surface area contributed by atoms with Gasteiger partial charge in [0, 0.05) is 0 Å². The third-order valence-electron chi connectivity index (χ3n) is 2.38. The van der Waals surface area contributed by atoms with E-state index in [1.807, 2.05) is 0 Å². The molecule has 0 radical (unpaired) electrons. The van der Waals surface area contributed by atoms with Gasteiger partial charge in [-0.3, -0.25) is 4.57 Å². The molecule has 0 aliphatic carbocycles. The number of aromatic amines is 1. The van der Waals surface area contributed by atoms with Crippen LogP contribution >= 0.6 is 12.2 Å². The quantitative estimate of drug-likeness (QED) is 0.827. The van der Waals surface area contributed by atoms with E-state index in [1.54, 1.807) is 6.07 Å². The van der Waals surface area contributed by atoms with Crippen molar-refractivity contribution in [2.75, 3.05) is 5.73 Å². The van der Waals surface area contributed by atoms with Crippen LogP contribution in [0.2, 0.25) is 0 Å². The van der Waals surface area contributed by atoms with E-state index < -0.39 is 11.7 Å². The monoisotopic (exact) mass is 274 g/mol. The molecule has 2 aromatic rings. The van der Waals surface area contributed by atoms with Gasteiger partial charge >= 0.3 is 6.18 Å². The van der Waals surface area contributed by atoms with Crippen LogP contribution in [0, 0.1) is 4.77 Å². The lowest BCUT2D eigenvalue weighted by atomic mass is 10.1. The highest BCUT2D eigenvalue weighted by molar-refractivity contribution is 7.71. The molecule has 0 bridgehead atoms. The fourth-order valence-corrected chi connectivity index (χ4v) is 1.71. The molecule has 0 spiro atoms. The largest absolute Gasteiger partial charge is 0.416 e. The molecule has 4 nitrogen and oxygen atoms in total. The second-order valence-electron chi connectivity index (χ2n) is 3.67. The zero-order valence-corrected chi connectivity index (χ0v) is 9.85. The van der Waals surface area contributed by atoms with Crippen LogP contribution in [-0.2, 0) is 12.7 Å². The van der Waals surface area contributed by atoms with E-state index in [9.17, 15) is 13.2 Å². The molecule has 0 aliphatic heterocycles. The van der Waals surface area contributed by atoms with Crippen LogP contribution in [-0.4, -0.2) is 14.8 Å². The number of nitrogens with zero attached hydrogens (tertiary/aromatic N) is 2. The number of nitrogens with one attached hydrogen (secondary N) is 1. The first kappa shape index (κ1) is 12.6. The van der Waals surface area contributed by atoms with Gasteiger partial charge in [-0.25, -0.2) is 5.10 Å². The first-order valence-electron chi connectivity index (χ1n) is 4.95. The summed E-state index contributed by atoms with van der Waals surface area (Å²) >= 11 is 4.92. The van der Waals surface area contributed by atoms with Crippen molar-refractivity contribution in [3.8, 4) is 0 Å². The van der Waals surface area contributed by atoms with Crippen molar-refractivity contribution in [1.29, 1.82) is 0 Å². The second-order valence-corrected chi connectivity index (χ2v) is 4.06. The van der Waals surface area contributed by atoms with Crippen LogP contribution in [0.5, 0.6) is 0 Å². The number of hydrogen-bond acceptors (Lipinski definition) is 3. The summed E-state index contributed by atoms with van der Waals surface area (Å²) in [6.07, 6.45) is -4.36. The molecule has 3 N–H and O–H groups in total. The van der Waals surface area contributed by atoms with E-state index in [0.29, 0.717) is 5.56 Å². The van der Waals surface area contributed by atoms with Gasteiger partial charge in [0.15, 0.2) is 4.77 Å². The standard InChI is InChI=1S/C10H9F3N4S/c11-10(12,13)7-3-1-2-6(4-7)5-17-8(14)15-16-9(17)18/h1-4H,5H2,(H2,14,15)(H,16,18). The Bertz CT molecular complexity index is 614. The molecule has 0 fully saturated rings. The Balaban J connectivity index is 2.34. The summed E-state index contributed by atoms with van der Waals surface area (Å²) < 4.78 is 39.3. The highest BCUT2D eigenvalue weighted by Crippen LogP contribution is 2.29. The van der Waals surface area contributed by atoms with Crippen LogP contribution in [0.4, 0.5) is 19.1 Å². The van der Waals surface area contributed by atoms with Crippen molar-refractivity contribution >= 4 is 18.2 Å². The van der Waals surface area contributed by atoms with Gasteiger partial charge in [-0.15, -0.1) is 5.10 Å². The van der Waals surface area contributed by atoms with Gasteiger partial charge in [-0.05, 0) is 29.9 Å². The molecule has 0 aliphatic rings. The first-order chi connectivity index (χ1) is 8.38. The topological polar surface area (TPSA) is 59.6 Å². The fraction of sp³-hybridized carbons (Fsp3) is 0.200. The van der Waals surface area contributed by atoms with Crippen molar-refractivity contribution in [2.45, 2.75) is 12.7 Å². The van der Waals surface area contributed by atoms with Crippen LogP contribution in [0.15, 0.2) is 24.3 Å². The van der Waals surface area contributed by atoms with Crippen molar-refractivity contribution in [3.05, 3.63) is 40.2 Å². The Morgan fingerprint density at radius 2 is 2.11 bits per heavy atom. The molecular weight excluding hydrogens is 265 g/mol. The van der Waals surface area contributed by atoms with E-state index in [4.69, 9.17) is 18.0 Å². The highest BCUT2D eigenvalue weighted by Gasteiger charge is 2.30. The summed E-state index contributed by atoms with van der Waals surface area (Å²) in [5.41, 5.74) is 5.30.